The Kier molecular flexibility index (Phi) is 6.21. The molecule has 4 rings (SSSR count). The number of carbonyl (C=O) groups is 1. The molecule has 1 amide bonds. The molecule has 2 heterocycles. The van der Waals surface area contributed by atoms with E-state index in [0.717, 1.165) is 46.4 Å². The molecule has 7 heteroatoms. The highest BCUT2D eigenvalue weighted by atomic mass is 16.5. The molecule has 0 fully saturated rings. The summed E-state index contributed by atoms with van der Waals surface area (Å²) < 4.78 is 5.87. The molecule has 0 spiro atoms. The molecule has 2 N–H and O–H groups in total. The monoisotopic (exact) mass is 415 g/mol. The minimum Gasteiger partial charge on any atom is -0.493 e. The van der Waals surface area contributed by atoms with Crippen LogP contribution in [0.15, 0.2) is 54.7 Å². The average molecular weight is 415 g/mol. The van der Waals surface area contributed by atoms with Crippen molar-refractivity contribution in [3.8, 4) is 17.0 Å². The second kappa shape index (κ2) is 9.38. The SMILES string of the molecule is CCOc1cc(-c2ccc(C)cc2)nc2cc(C(=O)NCCCc3cn[nH]n3)ccc12. The van der Waals surface area contributed by atoms with E-state index >= 15 is 0 Å². The van der Waals surface area contributed by atoms with Gasteiger partial charge in [0.15, 0.2) is 0 Å². The number of carbonyl (C=O) groups excluding carboxylic acids is 1. The minimum absolute atomic E-state index is 0.123. The summed E-state index contributed by atoms with van der Waals surface area (Å²) in [4.78, 5) is 17.5. The molecule has 2 aromatic carbocycles. The fraction of sp³-hybridized carbons (Fsp3) is 0.250. The van der Waals surface area contributed by atoms with Gasteiger partial charge >= 0.3 is 0 Å². The van der Waals surface area contributed by atoms with Gasteiger partial charge < -0.3 is 10.1 Å². The Morgan fingerprint density at radius 1 is 1.13 bits per heavy atom. The van der Waals surface area contributed by atoms with Gasteiger partial charge in [-0.15, -0.1) is 0 Å². The van der Waals surface area contributed by atoms with Crippen LogP contribution in [0.25, 0.3) is 22.2 Å². The number of H-pyrrole nitrogens is 1. The largest absolute Gasteiger partial charge is 0.493 e. The van der Waals surface area contributed by atoms with E-state index in [1.54, 1.807) is 6.20 Å². The minimum atomic E-state index is -0.123. The van der Waals surface area contributed by atoms with E-state index in [1.165, 1.54) is 5.56 Å². The van der Waals surface area contributed by atoms with Crippen LogP contribution in [0.4, 0.5) is 0 Å². The van der Waals surface area contributed by atoms with E-state index < -0.39 is 0 Å². The Balaban J connectivity index is 1.56. The Bertz CT molecular complexity index is 1170. The molecule has 31 heavy (non-hydrogen) atoms. The molecule has 2 aromatic heterocycles. The van der Waals surface area contributed by atoms with Crippen molar-refractivity contribution in [2.24, 2.45) is 0 Å². The van der Waals surface area contributed by atoms with Crippen molar-refractivity contribution in [1.29, 1.82) is 0 Å². The van der Waals surface area contributed by atoms with Crippen molar-refractivity contribution in [3.63, 3.8) is 0 Å². The smallest absolute Gasteiger partial charge is 0.251 e. The lowest BCUT2D eigenvalue weighted by atomic mass is 10.1. The molecule has 0 unspecified atom stereocenters. The number of rotatable bonds is 8. The maximum absolute atomic E-state index is 12.6. The van der Waals surface area contributed by atoms with Crippen LogP contribution in [0.5, 0.6) is 5.75 Å². The molecule has 158 valence electrons. The van der Waals surface area contributed by atoms with Gasteiger partial charge in [-0.3, -0.25) is 4.79 Å². The van der Waals surface area contributed by atoms with Gasteiger partial charge in [-0.05, 0) is 44.9 Å². The number of hydrogen-bond acceptors (Lipinski definition) is 5. The summed E-state index contributed by atoms with van der Waals surface area (Å²) >= 11 is 0. The summed E-state index contributed by atoms with van der Waals surface area (Å²) in [6.45, 7) is 5.13. The van der Waals surface area contributed by atoms with Gasteiger partial charge in [0.25, 0.3) is 5.91 Å². The Morgan fingerprint density at radius 3 is 2.71 bits per heavy atom. The summed E-state index contributed by atoms with van der Waals surface area (Å²) in [5.74, 6) is 0.644. The van der Waals surface area contributed by atoms with Crippen molar-refractivity contribution in [2.45, 2.75) is 26.7 Å². The van der Waals surface area contributed by atoms with Crippen molar-refractivity contribution in [3.05, 3.63) is 71.5 Å². The van der Waals surface area contributed by atoms with Gasteiger partial charge in [-0.25, -0.2) is 4.98 Å². The van der Waals surface area contributed by atoms with E-state index in [1.807, 2.05) is 43.3 Å². The molecule has 4 aromatic rings. The Hall–Kier alpha value is -3.74. The topological polar surface area (TPSA) is 92.8 Å². The Labute approximate surface area is 180 Å². The van der Waals surface area contributed by atoms with E-state index in [2.05, 4.69) is 39.8 Å². The molecule has 0 aliphatic rings. The van der Waals surface area contributed by atoms with E-state index in [9.17, 15) is 4.79 Å². The molecule has 0 saturated heterocycles. The highest BCUT2D eigenvalue weighted by Gasteiger charge is 2.12. The van der Waals surface area contributed by atoms with E-state index in [4.69, 9.17) is 9.72 Å². The normalized spacial score (nSPS) is 10.9. The molecular weight excluding hydrogens is 390 g/mol. The van der Waals surface area contributed by atoms with E-state index in [-0.39, 0.29) is 5.91 Å². The van der Waals surface area contributed by atoms with Gasteiger partial charge in [-0.1, -0.05) is 29.8 Å². The summed E-state index contributed by atoms with van der Waals surface area (Å²) in [6.07, 6.45) is 3.24. The molecule has 7 nitrogen and oxygen atoms in total. The van der Waals surface area contributed by atoms with Crippen LogP contribution < -0.4 is 10.1 Å². The van der Waals surface area contributed by atoms with Gasteiger partial charge in [0.2, 0.25) is 0 Å². The number of hydrogen-bond donors (Lipinski definition) is 2. The molecular formula is C24H25N5O2. The van der Waals surface area contributed by atoms with Gasteiger partial charge in [-0.2, -0.15) is 15.4 Å². The van der Waals surface area contributed by atoms with Crippen LogP contribution in [0.3, 0.4) is 0 Å². The first-order valence-electron chi connectivity index (χ1n) is 10.4. The van der Waals surface area contributed by atoms with Crippen molar-refractivity contribution < 1.29 is 9.53 Å². The number of fused-ring (bicyclic) bond motifs is 1. The predicted molar refractivity (Wildman–Crippen MR) is 120 cm³/mol. The third-order valence-electron chi connectivity index (χ3n) is 5.04. The third-order valence-corrected chi connectivity index (χ3v) is 5.04. The zero-order valence-corrected chi connectivity index (χ0v) is 17.7. The number of ether oxygens (including phenoxy) is 1. The zero-order chi connectivity index (χ0) is 21.6. The van der Waals surface area contributed by atoms with Gasteiger partial charge in [0.05, 0.1) is 29.7 Å². The first-order chi connectivity index (χ1) is 15.1. The van der Waals surface area contributed by atoms with Crippen LogP contribution in [0, 0.1) is 6.92 Å². The standard InChI is InChI=1S/C24H25N5O2/c1-3-31-23-14-21(17-8-6-16(2)7-9-17)27-22-13-18(10-11-20(22)23)24(30)25-12-4-5-19-15-26-29-28-19/h6-11,13-15H,3-5,12H2,1-2H3,(H,25,30)(H,26,28,29). The number of aryl methyl sites for hydroxylation is 2. The summed E-state index contributed by atoms with van der Waals surface area (Å²) in [5, 5.41) is 14.2. The average Bonchev–Trinajstić information content (AvgIpc) is 3.30. The first-order valence-corrected chi connectivity index (χ1v) is 10.4. The fourth-order valence-electron chi connectivity index (χ4n) is 3.40. The van der Waals surface area contributed by atoms with Crippen molar-refractivity contribution in [1.82, 2.24) is 25.7 Å². The number of pyridine rings is 1. The fourth-order valence-corrected chi connectivity index (χ4v) is 3.40. The van der Waals surface area contributed by atoms with Crippen LogP contribution >= 0.6 is 0 Å². The van der Waals surface area contributed by atoms with Crippen molar-refractivity contribution in [2.75, 3.05) is 13.2 Å². The van der Waals surface area contributed by atoms with Crippen LogP contribution in [0.2, 0.25) is 0 Å². The summed E-state index contributed by atoms with van der Waals surface area (Å²) in [6, 6.07) is 15.7. The molecule has 0 radical (unpaired) electrons. The van der Waals surface area contributed by atoms with Crippen LogP contribution in [-0.2, 0) is 6.42 Å². The lowest BCUT2D eigenvalue weighted by Crippen LogP contribution is -2.24. The lowest BCUT2D eigenvalue weighted by molar-refractivity contribution is 0.0953. The molecule has 0 bridgehead atoms. The second-order valence-electron chi connectivity index (χ2n) is 7.36. The highest BCUT2D eigenvalue weighted by molar-refractivity contribution is 5.99. The first kappa shape index (κ1) is 20.5. The zero-order valence-electron chi connectivity index (χ0n) is 17.7. The van der Waals surface area contributed by atoms with Crippen LogP contribution in [-0.4, -0.2) is 39.5 Å². The number of nitrogens with one attached hydrogen (secondary N) is 2. The van der Waals surface area contributed by atoms with Gasteiger partial charge in [0, 0.05) is 29.1 Å². The number of nitrogens with zero attached hydrogens (tertiary/aromatic N) is 3. The number of benzene rings is 2. The lowest BCUT2D eigenvalue weighted by Gasteiger charge is -2.12. The second-order valence-corrected chi connectivity index (χ2v) is 7.36. The number of aromatic amines is 1. The summed E-state index contributed by atoms with van der Waals surface area (Å²) in [5.41, 5.74) is 5.22. The van der Waals surface area contributed by atoms with Crippen molar-refractivity contribution >= 4 is 16.8 Å². The predicted octanol–water partition coefficient (Wildman–Crippen LogP) is 4.09. The Morgan fingerprint density at radius 2 is 1.97 bits per heavy atom. The summed E-state index contributed by atoms with van der Waals surface area (Å²) in [7, 11) is 0. The molecule has 0 aliphatic heterocycles. The third kappa shape index (κ3) is 4.88. The number of amides is 1. The molecule has 0 saturated carbocycles. The quantitative estimate of drug-likeness (QED) is 0.423. The maximum atomic E-state index is 12.6. The molecule has 0 aliphatic carbocycles. The van der Waals surface area contributed by atoms with Gasteiger partial charge in [0.1, 0.15) is 5.75 Å². The number of aromatic nitrogens is 4. The molecule has 0 atom stereocenters. The van der Waals surface area contributed by atoms with E-state index in [0.29, 0.717) is 18.7 Å². The van der Waals surface area contributed by atoms with Crippen LogP contribution in [0.1, 0.15) is 35.0 Å². The highest BCUT2D eigenvalue weighted by Crippen LogP contribution is 2.31. The maximum Gasteiger partial charge on any atom is 0.251 e.